The van der Waals surface area contributed by atoms with Crippen molar-refractivity contribution in [3.05, 3.63) is 48.0 Å². The molecule has 76 valence electrons. The molecular weight excluding hydrogens is 186 g/mol. The Morgan fingerprint density at radius 1 is 1.13 bits per heavy atom. The van der Waals surface area contributed by atoms with Gasteiger partial charge >= 0.3 is 0 Å². The Hall–Kier alpha value is -1.67. The molecule has 0 aliphatic heterocycles. The third-order valence-corrected chi connectivity index (χ3v) is 2.46. The van der Waals surface area contributed by atoms with E-state index in [9.17, 15) is 4.79 Å². The summed E-state index contributed by atoms with van der Waals surface area (Å²) in [4.78, 5) is 10.4. The fourth-order valence-electron chi connectivity index (χ4n) is 1.69. The topological polar surface area (TPSA) is 43.1 Å². The molecule has 0 radical (unpaired) electrons. The number of rotatable bonds is 3. The van der Waals surface area contributed by atoms with Crippen LogP contribution in [-0.4, -0.2) is 12.3 Å². The highest BCUT2D eigenvalue weighted by Gasteiger charge is 2.02. The van der Waals surface area contributed by atoms with E-state index in [0.717, 1.165) is 11.8 Å². The van der Waals surface area contributed by atoms with Gasteiger partial charge in [-0.3, -0.25) is 0 Å². The number of hydrogen-bond acceptors (Lipinski definition) is 2. The average Bonchev–Trinajstić information content (AvgIpc) is 2.29. The van der Waals surface area contributed by atoms with Crippen molar-refractivity contribution < 1.29 is 4.79 Å². The van der Waals surface area contributed by atoms with Crippen LogP contribution < -0.4 is 5.73 Å². The first-order valence-electron chi connectivity index (χ1n) is 4.98. The third kappa shape index (κ3) is 2.22. The van der Waals surface area contributed by atoms with Crippen LogP contribution in [0.25, 0.3) is 10.8 Å². The zero-order valence-electron chi connectivity index (χ0n) is 8.39. The molecule has 15 heavy (non-hydrogen) atoms. The van der Waals surface area contributed by atoms with E-state index >= 15 is 0 Å². The Labute approximate surface area is 88.7 Å². The van der Waals surface area contributed by atoms with Crippen molar-refractivity contribution >= 4 is 17.1 Å². The van der Waals surface area contributed by atoms with Gasteiger partial charge in [0.2, 0.25) is 0 Å². The Balaban J connectivity index is 2.34. The van der Waals surface area contributed by atoms with Gasteiger partial charge in [-0.15, -0.1) is 0 Å². The highest BCUT2D eigenvalue weighted by atomic mass is 16.1. The van der Waals surface area contributed by atoms with Gasteiger partial charge in [0.05, 0.1) is 6.04 Å². The van der Waals surface area contributed by atoms with Gasteiger partial charge in [-0.2, -0.15) is 0 Å². The van der Waals surface area contributed by atoms with Crippen LogP contribution in [0.1, 0.15) is 5.56 Å². The summed E-state index contributed by atoms with van der Waals surface area (Å²) in [5, 5.41) is 2.40. The quantitative estimate of drug-likeness (QED) is 0.767. The second-order valence-electron chi connectivity index (χ2n) is 3.69. The van der Waals surface area contributed by atoms with Crippen molar-refractivity contribution in [2.24, 2.45) is 5.73 Å². The lowest BCUT2D eigenvalue weighted by Crippen LogP contribution is -2.23. The summed E-state index contributed by atoms with van der Waals surface area (Å²) >= 11 is 0. The molecule has 2 rings (SSSR count). The molecule has 1 atom stereocenters. The lowest BCUT2D eigenvalue weighted by Gasteiger charge is -2.05. The minimum absolute atomic E-state index is 0.397. The number of aldehydes is 1. The molecule has 0 aliphatic carbocycles. The van der Waals surface area contributed by atoms with Crippen molar-refractivity contribution in [3.8, 4) is 0 Å². The van der Waals surface area contributed by atoms with Crippen LogP contribution in [0.5, 0.6) is 0 Å². The summed E-state index contributed by atoms with van der Waals surface area (Å²) in [6, 6.07) is 13.9. The highest BCUT2D eigenvalue weighted by molar-refractivity contribution is 5.83. The molecule has 0 saturated carbocycles. The number of hydrogen-bond donors (Lipinski definition) is 1. The van der Waals surface area contributed by atoms with Crippen LogP contribution in [0.3, 0.4) is 0 Å². The molecule has 0 unspecified atom stereocenters. The minimum Gasteiger partial charge on any atom is -0.321 e. The number of nitrogens with two attached hydrogens (primary N) is 1. The Morgan fingerprint density at radius 3 is 2.60 bits per heavy atom. The molecule has 0 saturated heterocycles. The van der Waals surface area contributed by atoms with Crippen LogP contribution in [0.2, 0.25) is 0 Å². The fraction of sp³-hybridized carbons (Fsp3) is 0.154. The standard InChI is InChI=1S/C13H13NO/c14-13(9-15)8-10-5-6-11-3-1-2-4-12(11)7-10/h1-7,9,13H,8,14H2/t13-/m1/s1. The molecule has 0 spiro atoms. The molecule has 0 fully saturated rings. The fourth-order valence-corrected chi connectivity index (χ4v) is 1.69. The lowest BCUT2D eigenvalue weighted by molar-refractivity contribution is -0.108. The van der Waals surface area contributed by atoms with E-state index in [1.54, 1.807) is 0 Å². The first kappa shape index (κ1) is 9.87. The minimum atomic E-state index is -0.397. The molecule has 2 aromatic carbocycles. The normalized spacial score (nSPS) is 12.6. The largest absolute Gasteiger partial charge is 0.321 e. The predicted molar refractivity (Wildman–Crippen MR) is 61.7 cm³/mol. The lowest BCUT2D eigenvalue weighted by atomic mass is 10.0. The summed E-state index contributed by atoms with van der Waals surface area (Å²) in [6.07, 6.45) is 1.39. The van der Waals surface area contributed by atoms with Crippen LogP contribution in [0.15, 0.2) is 42.5 Å². The van der Waals surface area contributed by atoms with Crippen LogP contribution in [-0.2, 0) is 11.2 Å². The van der Waals surface area contributed by atoms with E-state index in [0.29, 0.717) is 6.42 Å². The first-order valence-corrected chi connectivity index (χ1v) is 4.98. The Bertz CT molecular complexity index is 479. The van der Waals surface area contributed by atoms with E-state index < -0.39 is 6.04 Å². The van der Waals surface area contributed by atoms with Gasteiger partial charge in [-0.1, -0.05) is 42.5 Å². The third-order valence-electron chi connectivity index (χ3n) is 2.46. The number of benzene rings is 2. The maximum absolute atomic E-state index is 10.4. The van der Waals surface area contributed by atoms with E-state index in [-0.39, 0.29) is 0 Å². The molecule has 0 heterocycles. The number of carbonyl (C=O) groups is 1. The van der Waals surface area contributed by atoms with E-state index in [2.05, 4.69) is 24.3 Å². The molecule has 0 bridgehead atoms. The second kappa shape index (κ2) is 4.24. The van der Waals surface area contributed by atoms with Crippen molar-refractivity contribution in [2.75, 3.05) is 0 Å². The SMILES string of the molecule is N[C@@H](C=O)Cc1ccc2ccccc2c1. The molecule has 0 amide bonds. The molecule has 0 aromatic heterocycles. The van der Waals surface area contributed by atoms with E-state index in [1.807, 2.05) is 18.2 Å². The van der Waals surface area contributed by atoms with Gasteiger partial charge in [0.25, 0.3) is 0 Å². The van der Waals surface area contributed by atoms with Crippen LogP contribution in [0, 0.1) is 0 Å². The summed E-state index contributed by atoms with van der Waals surface area (Å²) in [5.41, 5.74) is 6.69. The Kier molecular flexibility index (Phi) is 2.79. The van der Waals surface area contributed by atoms with Gasteiger partial charge in [0.15, 0.2) is 0 Å². The number of fused-ring (bicyclic) bond motifs is 1. The van der Waals surface area contributed by atoms with Gasteiger partial charge in [0, 0.05) is 0 Å². The van der Waals surface area contributed by atoms with Gasteiger partial charge in [-0.25, -0.2) is 0 Å². The Morgan fingerprint density at radius 2 is 1.87 bits per heavy atom. The maximum atomic E-state index is 10.4. The average molecular weight is 199 g/mol. The second-order valence-corrected chi connectivity index (χ2v) is 3.69. The van der Waals surface area contributed by atoms with Gasteiger partial charge in [-0.05, 0) is 22.8 Å². The van der Waals surface area contributed by atoms with Crippen molar-refractivity contribution in [1.29, 1.82) is 0 Å². The van der Waals surface area contributed by atoms with E-state index in [1.165, 1.54) is 10.8 Å². The van der Waals surface area contributed by atoms with Crippen molar-refractivity contribution in [2.45, 2.75) is 12.5 Å². The monoisotopic (exact) mass is 199 g/mol. The number of carbonyl (C=O) groups excluding carboxylic acids is 1. The van der Waals surface area contributed by atoms with Crippen molar-refractivity contribution in [3.63, 3.8) is 0 Å². The predicted octanol–water partition coefficient (Wildman–Crippen LogP) is 1.91. The summed E-state index contributed by atoms with van der Waals surface area (Å²) < 4.78 is 0. The molecule has 2 heteroatoms. The van der Waals surface area contributed by atoms with E-state index in [4.69, 9.17) is 5.73 Å². The zero-order chi connectivity index (χ0) is 10.7. The summed E-state index contributed by atoms with van der Waals surface area (Å²) in [6.45, 7) is 0. The molecule has 2 nitrogen and oxygen atoms in total. The van der Waals surface area contributed by atoms with Gasteiger partial charge in [0.1, 0.15) is 6.29 Å². The molecule has 2 aromatic rings. The zero-order valence-corrected chi connectivity index (χ0v) is 8.39. The van der Waals surface area contributed by atoms with Crippen molar-refractivity contribution in [1.82, 2.24) is 0 Å². The summed E-state index contributed by atoms with van der Waals surface area (Å²) in [7, 11) is 0. The molecule has 0 aliphatic rings. The smallest absolute Gasteiger partial charge is 0.137 e. The summed E-state index contributed by atoms with van der Waals surface area (Å²) in [5.74, 6) is 0. The van der Waals surface area contributed by atoms with Gasteiger partial charge < -0.3 is 10.5 Å². The molecule has 2 N–H and O–H groups in total. The van der Waals surface area contributed by atoms with Crippen LogP contribution in [0.4, 0.5) is 0 Å². The van der Waals surface area contributed by atoms with Crippen LogP contribution >= 0.6 is 0 Å². The highest BCUT2D eigenvalue weighted by Crippen LogP contribution is 2.16. The molecular formula is C13H13NO. The maximum Gasteiger partial charge on any atom is 0.137 e. The first-order chi connectivity index (χ1) is 7.29.